The molecule has 1 N–H and O–H groups in total. The van der Waals surface area contributed by atoms with Gasteiger partial charge in [0, 0.05) is 0 Å². The van der Waals surface area contributed by atoms with E-state index < -0.39 is 0 Å². The summed E-state index contributed by atoms with van der Waals surface area (Å²) in [6.07, 6.45) is 14.7. The van der Waals surface area contributed by atoms with Crippen LogP contribution in [0.1, 0.15) is 71.1 Å². The van der Waals surface area contributed by atoms with Crippen molar-refractivity contribution < 1.29 is 0 Å². The fraction of sp³-hybridized carbons (Fsp3) is 1.00. The molecule has 0 aromatic carbocycles. The molecule has 0 spiro atoms. The van der Waals surface area contributed by atoms with Crippen LogP contribution in [-0.2, 0) is 0 Å². The first-order valence-corrected chi connectivity index (χ1v) is 8.11. The lowest BCUT2D eigenvalue weighted by atomic mass is 9.89. The van der Waals surface area contributed by atoms with E-state index in [2.05, 4.69) is 12.2 Å². The molecule has 0 radical (unpaired) electrons. The molecular formula is C16H31N. The fourth-order valence-electron chi connectivity index (χ4n) is 3.94. The zero-order chi connectivity index (χ0) is 11.9. The lowest BCUT2D eigenvalue weighted by Crippen LogP contribution is -2.27. The van der Waals surface area contributed by atoms with Crippen LogP contribution >= 0.6 is 0 Å². The summed E-state index contributed by atoms with van der Waals surface area (Å²) >= 11 is 0. The van der Waals surface area contributed by atoms with Crippen molar-refractivity contribution in [2.75, 3.05) is 13.1 Å². The van der Waals surface area contributed by atoms with Crippen molar-refractivity contribution in [1.82, 2.24) is 5.32 Å². The summed E-state index contributed by atoms with van der Waals surface area (Å²) in [5.41, 5.74) is 0. The second kappa shape index (κ2) is 7.41. The van der Waals surface area contributed by atoms with E-state index >= 15 is 0 Å². The molecule has 0 saturated heterocycles. The minimum absolute atomic E-state index is 1.04. The van der Waals surface area contributed by atoms with E-state index in [1.54, 1.807) is 12.8 Å². The van der Waals surface area contributed by atoms with Crippen LogP contribution in [0.4, 0.5) is 0 Å². The Balaban J connectivity index is 1.39. The van der Waals surface area contributed by atoms with Gasteiger partial charge in [-0.3, -0.25) is 0 Å². The predicted octanol–water partition coefficient (Wildman–Crippen LogP) is 4.37. The lowest BCUT2D eigenvalue weighted by molar-refractivity contribution is 0.318. The number of hydrogen-bond donors (Lipinski definition) is 1. The second-order valence-corrected chi connectivity index (χ2v) is 6.41. The van der Waals surface area contributed by atoms with Crippen molar-refractivity contribution in [3.8, 4) is 0 Å². The number of rotatable bonds is 9. The maximum Gasteiger partial charge on any atom is -0.00178 e. The summed E-state index contributed by atoms with van der Waals surface area (Å²) in [6, 6.07) is 0. The number of unbranched alkanes of at least 4 members (excludes halogenated alkanes) is 5. The molecule has 2 saturated carbocycles. The Morgan fingerprint density at radius 2 is 1.76 bits per heavy atom. The number of fused-ring (bicyclic) bond motifs is 2. The van der Waals surface area contributed by atoms with E-state index in [4.69, 9.17) is 0 Å². The molecule has 100 valence electrons. The summed E-state index contributed by atoms with van der Waals surface area (Å²) in [5, 5.41) is 3.70. The average Bonchev–Trinajstić information content (AvgIpc) is 2.94. The lowest BCUT2D eigenvalue weighted by Gasteiger charge is -2.21. The summed E-state index contributed by atoms with van der Waals surface area (Å²) in [7, 11) is 0. The van der Waals surface area contributed by atoms with Crippen LogP contribution in [0, 0.1) is 17.8 Å². The molecule has 2 rings (SSSR count). The van der Waals surface area contributed by atoms with Gasteiger partial charge in [0.15, 0.2) is 0 Å². The minimum Gasteiger partial charge on any atom is -0.316 e. The van der Waals surface area contributed by atoms with E-state index in [0.717, 1.165) is 17.8 Å². The third kappa shape index (κ3) is 4.28. The zero-order valence-electron chi connectivity index (χ0n) is 11.7. The van der Waals surface area contributed by atoms with Gasteiger partial charge in [0.1, 0.15) is 0 Å². The highest BCUT2D eigenvalue weighted by Gasteiger charge is 2.38. The van der Waals surface area contributed by atoms with Crippen molar-refractivity contribution in [2.45, 2.75) is 71.1 Å². The molecule has 3 atom stereocenters. The molecular weight excluding hydrogens is 206 g/mol. The standard InChI is InChI=1S/C16H31N/c1-2-3-4-5-6-7-10-17-13-16-12-14-8-9-15(16)11-14/h14-17H,2-13H2,1H3. The van der Waals surface area contributed by atoms with Crippen molar-refractivity contribution >= 4 is 0 Å². The van der Waals surface area contributed by atoms with Crippen LogP contribution in [0.3, 0.4) is 0 Å². The Labute approximate surface area is 108 Å². The highest BCUT2D eigenvalue weighted by atomic mass is 14.9. The first-order chi connectivity index (χ1) is 8.40. The Hall–Kier alpha value is -0.0400. The van der Waals surface area contributed by atoms with Crippen molar-refractivity contribution in [3.63, 3.8) is 0 Å². The topological polar surface area (TPSA) is 12.0 Å². The molecule has 3 unspecified atom stereocenters. The van der Waals surface area contributed by atoms with Gasteiger partial charge in [-0.1, -0.05) is 45.4 Å². The van der Waals surface area contributed by atoms with Crippen LogP contribution in [0.15, 0.2) is 0 Å². The van der Waals surface area contributed by atoms with E-state index in [9.17, 15) is 0 Å². The Kier molecular flexibility index (Phi) is 5.84. The van der Waals surface area contributed by atoms with Gasteiger partial charge in [-0.25, -0.2) is 0 Å². The maximum absolute atomic E-state index is 3.70. The molecule has 1 nitrogen and oxygen atoms in total. The summed E-state index contributed by atoms with van der Waals surface area (Å²) in [6.45, 7) is 4.87. The van der Waals surface area contributed by atoms with E-state index in [0.29, 0.717) is 0 Å². The molecule has 0 heterocycles. The van der Waals surface area contributed by atoms with Crippen molar-refractivity contribution in [2.24, 2.45) is 17.8 Å². The highest BCUT2D eigenvalue weighted by molar-refractivity contribution is 4.90. The average molecular weight is 237 g/mol. The molecule has 0 aromatic rings. The highest BCUT2D eigenvalue weighted by Crippen LogP contribution is 2.47. The third-order valence-electron chi connectivity index (χ3n) is 5.00. The fourth-order valence-corrected chi connectivity index (χ4v) is 3.94. The van der Waals surface area contributed by atoms with E-state index in [1.165, 1.54) is 64.5 Å². The normalized spacial score (nSPS) is 31.2. The molecule has 1 heteroatoms. The van der Waals surface area contributed by atoms with Crippen molar-refractivity contribution in [3.05, 3.63) is 0 Å². The minimum atomic E-state index is 1.04. The third-order valence-corrected chi connectivity index (χ3v) is 5.00. The number of hydrogen-bond acceptors (Lipinski definition) is 1. The smallest absolute Gasteiger partial charge is 0.00178 e. The largest absolute Gasteiger partial charge is 0.316 e. The first-order valence-electron chi connectivity index (χ1n) is 8.11. The summed E-state index contributed by atoms with van der Waals surface area (Å²) in [4.78, 5) is 0. The number of nitrogens with one attached hydrogen (secondary N) is 1. The SMILES string of the molecule is CCCCCCCCNCC1CC2CCC1C2. The summed E-state index contributed by atoms with van der Waals surface area (Å²) < 4.78 is 0. The quantitative estimate of drug-likeness (QED) is 0.587. The van der Waals surface area contributed by atoms with Crippen LogP contribution < -0.4 is 5.32 Å². The Morgan fingerprint density at radius 1 is 0.941 bits per heavy atom. The van der Waals surface area contributed by atoms with Gasteiger partial charge in [-0.05, 0) is 56.5 Å². The zero-order valence-corrected chi connectivity index (χ0v) is 11.7. The van der Waals surface area contributed by atoms with Crippen LogP contribution in [0.5, 0.6) is 0 Å². The van der Waals surface area contributed by atoms with E-state index in [1.807, 2.05) is 0 Å². The molecule has 0 amide bonds. The van der Waals surface area contributed by atoms with Gasteiger partial charge in [-0.2, -0.15) is 0 Å². The van der Waals surface area contributed by atoms with Crippen molar-refractivity contribution in [1.29, 1.82) is 0 Å². The molecule has 2 bridgehead atoms. The second-order valence-electron chi connectivity index (χ2n) is 6.41. The van der Waals surface area contributed by atoms with Gasteiger partial charge in [0.05, 0.1) is 0 Å². The Morgan fingerprint density at radius 3 is 2.47 bits per heavy atom. The summed E-state index contributed by atoms with van der Waals surface area (Å²) in [5.74, 6) is 3.24. The molecule has 2 fully saturated rings. The molecule has 0 aromatic heterocycles. The van der Waals surface area contributed by atoms with Gasteiger partial charge in [0.25, 0.3) is 0 Å². The molecule has 2 aliphatic rings. The molecule has 0 aliphatic heterocycles. The first kappa shape index (κ1) is 13.4. The Bertz CT molecular complexity index is 202. The van der Waals surface area contributed by atoms with Gasteiger partial charge in [0.2, 0.25) is 0 Å². The van der Waals surface area contributed by atoms with Crippen LogP contribution in [0.25, 0.3) is 0 Å². The molecule has 2 aliphatic carbocycles. The van der Waals surface area contributed by atoms with Crippen LogP contribution in [-0.4, -0.2) is 13.1 Å². The van der Waals surface area contributed by atoms with Crippen LogP contribution in [0.2, 0.25) is 0 Å². The van der Waals surface area contributed by atoms with Gasteiger partial charge >= 0.3 is 0 Å². The van der Waals surface area contributed by atoms with Gasteiger partial charge < -0.3 is 5.32 Å². The molecule has 17 heavy (non-hydrogen) atoms. The predicted molar refractivity (Wildman–Crippen MR) is 75.2 cm³/mol. The monoisotopic (exact) mass is 237 g/mol. The van der Waals surface area contributed by atoms with Gasteiger partial charge in [-0.15, -0.1) is 0 Å². The maximum atomic E-state index is 3.70. The van der Waals surface area contributed by atoms with E-state index in [-0.39, 0.29) is 0 Å².